The van der Waals surface area contributed by atoms with Crippen LogP contribution in [0.25, 0.3) is 87.1 Å². The van der Waals surface area contributed by atoms with Gasteiger partial charge in [-0.25, -0.2) is 9.97 Å². The number of para-hydroxylation sites is 1. The second-order valence-corrected chi connectivity index (χ2v) is 12.0. The number of benzene rings is 6. The molecule has 0 N–H and O–H groups in total. The number of fused-ring (bicyclic) bond motifs is 6. The molecular formula is C40H24N2OS. The van der Waals surface area contributed by atoms with Crippen LogP contribution in [0.1, 0.15) is 0 Å². The van der Waals surface area contributed by atoms with Crippen molar-refractivity contribution < 1.29 is 4.42 Å². The van der Waals surface area contributed by atoms with Crippen LogP contribution < -0.4 is 0 Å². The molecule has 0 saturated heterocycles. The standard InChI is InChI=1S/C40H24N2OS/c1-2-11-25(12-3-1)27-13-4-5-14-28(27)34-24-35(33-18-10-17-32-31-16-7-9-20-38(31)44-39(32)33)42-40(41-34)26-21-22-30-29-15-6-8-19-36(29)43-37(30)23-26/h1-24H. The van der Waals surface area contributed by atoms with Crippen molar-refractivity contribution in [3.05, 3.63) is 146 Å². The highest BCUT2D eigenvalue weighted by atomic mass is 32.1. The molecule has 4 heteroatoms. The van der Waals surface area contributed by atoms with Crippen molar-refractivity contribution in [2.75, 3.05) is 0 Å². The predicted octanol–water partition coefficient (Wildman–Crippen LogP) is 11.4. The number of rotatable bonds is 4. The summed E-state index contributed by atoms with van der Waals surface area (Å²) >= 11 is 1.82. The molecule has 0 radical (unpaired) electrons. The highest BCUT2D eigenvalue weighted by Gasteiger charge is 2.18. The largest absolute Gasteiger partial charge is 0.456 e. The van der Waals surface area contributed by atoms with Crippen LogP contribution in [0, 0.1) is 0 Å². The Balaban J connectivity index is 1.31. The lowest BCUT2D eigenvalue weighted by atomic mass is 9.96. The van der Waals surface area contributed by atoms with Crippen LogP contribution >= 0.6 is 11.3 Å². The summed E-state index contributed by atoms with van der Waals surface area (Å²) in [5, 5.41) is 4.72. The quantitative estimate of drug-likeness (QED) is 0.208. The summed E-state index contributed by atoms with van der Waals surface area (Å²) in [4.78, 5) is 10.5. The van der Waals surface area contributed by atoms with E-state index >= 15 is 0 Å². The van der Waals surface area contributed by atoms with Crippen molar-refractivity contribution in [1.29, 1.82) is 0 Å². The summed E-state index contributed by atoms with van der Waals surface area (Å²) in [7, 11) is 0. The first-order valence-corrected chi connectivity index (χ1v) is 15.5. The summed E-state index contributed by atoms with van der Waals surface area (Å²) in [6.45, 7) is 0. The highest BCUT2D eigenvalue weighted by molar-refractivity contribution is 7.26. The zero-order chi connectivity index (χ0) is 29.0. The molecule has 0 aliphatic rings. The molecule has 206 valence electrons. The van der Waals surface area contributed by atoms with E-state index in [9.17, 15) is 0 Å². The maximum atomic E-state index is 6.26. The Morgan fingerprint density at radius 1 is 0.432 bits per heavy atom. The summed E-state index contributed by atoms with van der Waals surface area (Å²) in [6, 6.07) is 50.7. The van der Waals surface area contributed by atoms with E-state index in [-0.39, 0.29) is 0 Å². The minimum Gasteiger partial charge on any atom is -0.456 e. The van der Waals surface area contributed by atoms with Gasteiger partial charge < -0.3 is 4.42 Å². The van der Waals surface area contributed by atoms with E-state index < -0.39 is 0 Å². The molecule has 0 atom stereocenters. The monoisotopic (exact) mass is 580 g/mol. The van der Waals surface area contributed by atoms with Gasteiger partial charge in [-0.1, -0.05) is 115 Å². The molecule has 3 aromatic heterocycles. The van der Waals surface area contributed by atoms with Crippen LogP contribution in [-0.2, 0) is 0 Å². The summed E-state index contributed by atoms with van der Waals surface area (Å²) in [6.07, 6.45) is 0. The van der Waals surface area contributed by atoms with Gasteiger partial charge in [0.05, 0.1) is 11.4 Å². The molecule has 0 amide bonds. The summed E-state index contributed by atoms with van der Waals surface area (Å²) in [5.74, 6) is 0.667. The van der Waals surface area contributed by atoms with Crippen LogP contribution in [0.2, 0.25) is 0 Å². The fourth-order valence-electron chi connectivity index (χ4n) is 6.24. The molecule has 9 aromatic rings. The van der Waals surface area contributed by atoms with Gasteiger partial charge in [0, 0.05) is 47.6 Å². The van der Waals surface area contributed by atoms with Crippen molar-refractivity contribution >= 4 is 53.4 Å². The number of nitrogens with zero attached hydrogens (tertiary/aromatic N) is 2. The maximum absolute atomic E-state index is 6.26. The van der Waals surface area contributed by atoms with E-state index in [0.29, 0.717) is 5.82 Å². The maximum Gasteiger partial charge on any atom is 0.160 e. The molecule has 44 heavy (non-hydrogen) atoms. The molecule has 0 spiro atoms. The van der Waals surface area contributed by atoms with E-state index in [4.69, 9.17) is 14.4 Å². The molecule has 0 unspecified atom stereocenters. The minimum atomic E-state index is 0.667. The lowest BCUT2D eigenvalue weighted by Gasteiger charge is -2.13. The Morgan fingerprint density at radius 2 is 1.09 bits per heavy atom. The van der Waals surface area contributed by atoms with Crippen LogP contribution in [0.5, 0.6) is 0 Å². The van der Waals surface area contributed by atoms with Crippen molar-refractivity contribution in [2.24, 2.45) is 0 Å². The van der Waals surface area contributed by atoms with Crippen molar-refractivity contribution in [2.45, 2.75) is 0 Å². The molecular weight excluding hydrogens is 557 g/mol. The Kier molecular flexibility index (Phi) is 5.68. The minimum absolute atomic E-state index is 0.667. The Labute approximate surface area is 257 Å². The van der Waals surface area contributed by atoms with Gasteiger partial charge in [0.2, 0.25) is 0 Å². The third kappa shape index (κ3) is 4.03. The van der Waals surface area contributed by atoms with Crippen LogP contribution in [-0.4, -0.2) is 9.97 Å². The third-order valence-corrected chi connectivity index (χ3v) is 9.55. The Bertz CT molecular complexity index is 2510. The lowest BCUT2D eigenvalue weighted by Crippen LogP contribution is -1.97. The van der Waals surface area contributed by atoms with Crippen molar-refractivity contribution in [3.63, 3.8) is 0 Å². The van der Waals surface area contributed by atoms with Crippen LogP contribution in [0.15, 0.2) is 150 Å². The molecule has 0 bridgehead atoms. The van der Waals surface area contributed by atoms with Gasteiger partial charge in [0.25, 0.3) is 0 Å². The zero-order valence-electron chi connectivity index (χ0n) is 23.6. The van der Waals surface area contributed by atoms with Crippen LogP contribution in [0.3, 0.4) is 0 Å². The molecule has 0 aliphatic carbocycles. The van der Waals surface area contributed by atoms with Gasteiger partial charge in [0.1, 0.15) is 11.2 Å². The molecule has 0 aliphatic heterocycles. The Morgan fingerprint density at radius 3 is 1.98 bits per heavy atom. The second kappa shape index (κ2) is 10.0. The van der Waals surface area contributed by atoms with Gasteiger partial charge in [-0.05, 0) is 41.5 Å². The normalized spacial score (nSPS) is 11.6. The summed E-state index contributed by atoms with van der Waals surface area (Å²) in [5.41, 5.74) is 8.87. The second-order valence-electron chi connectivity index (χ2n) is 11.0. The van der Waals surface area contributed by atoms with E-state index in [2.05, 4.69) is 121 Å². The van der Waals surface area contributed by atoms with Crippen molar-refractivity contribution in [3.8, 4) is 45.0 Å². The molecule has 9 rings (SSSR count). The van der Waals surface area contributed by atoms with E-state index in [0.717, 1.165) is 61.1 Å². The molecule has 0 fully saturated rings. The predicted molar refractivity (Wildman–Crippen MR) is 184 cm³/mol. The zero-order valence-corrected chi connectivity index (χ0v) is 24.4. The number of thiophene rings is 1. The average Bonchev–Trinajstić information content (AvgIpc) is 3.66. The first-order valence-electron chi connectivity index (χ1n) is 14.7. The number of hydrogen-bond donors (Lipinski definition) is 0. The third-order valence-electron chi connectivity index (χ3n) is 8.33. The number of aromatic nitrogens is 2. The van der Waals surface area contributed by atoms with Gasteiger partial charge in [0.15, 0.2) is 5.82 Å². The highest BCUT2D eigenvalue weighted by Crippen LogP contribution is 2.41. The fourth-order valence-corrected chi connectivity index (χ4v) is 7.47. The topological polar surface area (TPSA) is 38.9 Å². The van der Waals surface area contributed by atoms with Gasteiger partial charge >= 0.3 is 0 Å². The summed E-state index contributed by atoms with van der Waals surface area (Å²) < 4.78 is 8.76. The number of furan rings is 1. The van der Waals surface area contributed by atoms with Crippen molar-refractivity contribution in [1.82, 2.24) is 9.97 Å². The first-order chi connectivity index (χ1) is 21.8. The van der Waals surface area contributed by atoms with Gasteiger partial charge in [-0.2, -0.15) is 0 Å². The smallest absolute Gasteiger partial charge is 0.160 e. The average molecular weight is 581 g/mol. The Hall–Kier alpha value is -5.58. The van der Waals surface area contributed by atoms with E-state index in [1.54, 1.807) is 0 Å². The van der Waals surface area contributed by atoms with E-state index in [1.807, 2.05) is 35.6 Å². The van der Waals surface area contributed by atoms with E-state index in [1.165, 1.54) is 20.2 Å². The van der Waals surface area contributed by atoms with Gasteiger partial charge in [-0.15, -0.1) is 11.3 Å². The molecule has 6 aromatic carbocycles. The number of hydrogen-bond acceptors (Lipinski definition) is 4. The fraction of sp³-hybridized carbons (Fsp3) is 0. The lowest BCUT2D eigenvalue weighted by molar-refractivity contribution is 0.669. The molecule has 3 nitrogen and oxygen atoms in total. The first kappa shape index (κ1) is 25.0. The van der Waals surface area contributed by atoms with Gasteiger partial charge in [-0.3, -0.25) is 0 Å². The molecule has 0 saturated carbocycles. The molecule has 3 heterocycles. The van der Waals surface area contributed by atoms with Crippen LogP contribution in [0.4, 0.5) is 0 Å². The SMILES string of the molecule is c1ccc(-c2ccccc2-c2cc(-c3cccc4c3sc3ccccc34)nc(-c3ccc4c(c3)oc3ccccc34)n2)cc1.